The van der Waals surface area contributed by atoms with Crippen LogP contribution >= 0.6 is 0 Å². The van der Waals surface area contributed by atoms with Crippen molar-refractivity contribution in [3.05, 3.63) is 0 Å². The van der Waals surface area contributed by atoms with Gasteiger partial charge in [0.2, 0.25) is 0 Å². The fraction of sp³-hybridized carbons (Fsp3) is 0.400. The predicted molar refractivity (Wildman–Crippen MR) is 37.9 cm³/mol. The number of imide groups is 1. The molecule has 11 heavy (non-hydrogen) atoms. The third-order valence-electron chi connectivity index (χ3n) is 1.24. The molecule has 6 nitrogen and oxygen atoms in total. The Bertz CT molecular complexity index is 235. The first kappa shape index (κ1) is 7.52. The van der Waals surface area contributed by atoms with Gasteiger partial charge in [-0.25, -0.2) is 19.9 Å². The number of carbonyl (C=O) groups is 2. The molecule has 0 atom stereocenters. The largest absolute Gasteiger partial charge is 0.351 e. The number of rotatable bonds is 0. The monoisotopic (exact) mass is 156 g/mol. The van der Waals surface area contributed by atoms with E-state index < -0.39 is 12.1 Å². The number of hydrazone groups is 1. The minimum atomic E-state index is -0.767. The number of hydrogen-bond acceptors (Lipinski definition) is 3. The molecule has 1 heterocycles. The van der Waals surface area contributed by atoms with Gasteiger partial charge in [0.15, 0.2) is 0 Å². The summed E-state index contributed by atoms with van der Waals surface area (Å²) in [5, 5.41) is 3.61. The Morgan fingerprint density at radius 2 is 2.45 bits per heavy atom. The summed E-state index contributed by atoms with van der Waals surface area (Å²) in [6.45, 7) is 1.86. The van der Waals surface area contributed by atoms with Gasteiger partial charge in [-0.1, -0.05) is 0 Å². The van der Waals surface area contributed by atoms with Crippen molar-refractivity contribution in [2.45, 2.75) is 6.92 Å². The number of amides is 4. The highest BCUT2D eigenvalue weighted by Crippen LogP contribution is 1.95. The summed E-state index contributed by atoms with van der Waals surface area (Å²) < 4.78 is 0. The third kappa shape index (κ3) is 1.46. The van der Waals surface area contributed by atoms with Crippen LogP contribution in [0.5, 0.6) is 0 Å². The fourth-order valence-corrected chi connectivity index (χ4v) is 0.718. The summed E-state index contributed by atoms with van der Waals surface area (Å²) >= 11 is 0. The van der Waals surface area contributed by atoms with Crippen LogP contribution in [0.15, 0.2) is 5.10 Å². The van der Waals surface area contributed by atoms with Crippen LogP contribution < -0.4 is 11.2 Å². The Morgan fingerprint density at radius 3 is 2.91 bits per heavy atom. The topological polar surface area (TPSA) is 87.8 Å². The minimum absolute atomic E-state index is 0.168. The first-order chi connectivity index (χ1) is 5.11. The molecular formula is C5H8N4O2. The molecule has 1 aliphatic heterocycles. The van der Waals surface area contributed by atoms with E-state index in [0.717, 1.165) is 4.90 Å². The summed E-state index contributed by atoms with van der Waals surface area (Å²) in [6, 6.07) is -1.35. The minimum Gasteiger partial charge on any atom is -0.351 e. The normalized spacial score (nSPS) is 17.4. The highest BCUT2D eigenvalue weighted by Gasteiger charge is 2.22. The highest BCUT2D eigenvalue weighted by atomic mass is 16.2. The van der Waals surface area contributed by atoms with E-state index in [1.807, 2.05) is 0 Å². The molecule has 0 fully saturated rings. The summed E-state index contributed by atoms with van der Waals surface area (Å²) in [5.41, 5.74) is 7.67. The maximum absolute atomic E-state index is 10.8. The number of hydrogen-bond donors (Lipinski definition) is 2. The number of nitrogens with two attached hydrogens (primary N) is 1. The molecule has 1 aliphatic rings. The van der Waals surface area contributed by atoms with Crippen molar-refractivity contribution in [1.29, 1.82) is 0 Å². The molecule has 0 saturated heterocycles. The maximum Gasteiger partial charge on any atom is 0.346 e. The highest BCUT2D eigenvalue weighted by molar-refractivity contribution is 6.00. The van der Waals surface area contributed by atoms with Gasteiger partial charge in [-0.05, 0) is 6.92 Å². The Balaban J connectivity index is 2.76. The van der Waals surface area contributed by atoms with Crippen LogP contribution in [-0.4, -0.2) is 29.2 Å². The second-order valence-electron chi connectivity index (χ2n) is 2.19. The lowest BCUT2D eigenvalue weighted by Crippen LogP contribution is -2.50. The van der Waals surface area contributed by atoms with Crippen molar-refractivity contribution >= 4 is 17.8 Å². The number of nitrogens with one attached hydrogen (secondary N) is 1. The predicted octanol–water partition coefficient (Wildman–Crippen LogP) is -0.534. The van der Waals surface area contributed by atoms with E-state index in [1.54, 1.807) is 6.92 Å². The van der Waals surface area contributed by atoms with Gasteiger partial charge >= 0.3 is 12.1 Å². The van der Waals surface area contributed by atoms with E-state index in [1.165, 1.54) is 0 Å². The molecule has 4 amide bonds. The molecule has 3 N–H and O–H groups in total. The Labute approximate surface area is 63.0 Å². The molecule has 6 heteroatoms. The maximum atomic E-state index is 10.8. The van der Waals surface area contributed by atoms with Gasteiger partial charge in [0.1, 0.15) is 0 Å². The molecule has 0 saturated carbocycles. The first-order valence-corrected chi connectivity index (χ1v) is 3.01. The molecule has 0 aromatic rings. The molecule has 1 rings (SSSR count). The number of carbonyl (C=O) groups excluding carboxylic acids is 2. The van der Waals surface area contributed by atoms with E-state index in [-0.39, 0.29) is 6.54 Å². The van der Waals surface area contributed by atoms with Gasteiger partial charge in [0.25, 0.3) is 0 Å². The molecule has 0 aromatic carbocycles. The average molecular weight is 156 g/mol. The van der Waals surface area contributed by atoms with Crippen molar-refractivity contribution in [2.75, 3.05) is 6.54 Å². The third-order valence-corrected chi connectivity index (χ3v) is 1.24. The van der Waals surface area contributed by atoms with Crippen LogP contribution in [0.1, 0.15) is 6.92 Å². The van der Waals surface area contributed by atoms with Gasteiger partial charge in [-0.15, -0.1) is 0 Å². The fourth-order valence-electron chi connectivity index (χ4n) is 0.718. The van der Waals surface area contributed by atoms with Crippen LogP contribution in [0.4, 0.5) is 9.59 Å². The van der Waals surface area contributed by atoms with Crippen LogP contribution in [0.2, 0.25) is 0 Å². The van der Waals surface area contributed by atoms with E-state index in [9.17, 15) is 9.59 Å². The summed E-state index contributed by atoms with van der Waals surface area (Å²) in [5.74, 6) is 0. The van der Waals surface area contributed by atoms with Gasteiger partial charge in [-0.3, -0.25) is 0 Å². The number of urea groups is 2. The lowest BCUT2D eigenvalue weighted by atomic mass is 10.4. The lowest BCUT2D eigenvalue weighted by molar-refractivity contribution is 0.194. The molecule has 0 unspecified atom stereocenters. The second-order valence-corrected chi connectivity index (χ2v) is 2.19. The molecule has 0 radical (unpaired) electrons. The molecular weight excluding hydrogens is 148 g/mol. The zero-order chi connectivity index (χ0) is 8.43. The van der Waals surface area contributed by atoms with Crippen LogP contribution in [-0.2, 0) is 0 Å². The van der Waals surface area contributed by atoms with Crippen molar-refractivity contribution < 1.29 is 9.59 Å². The summed E-state index contributed by atoms with van der Waals surface area (Å²) in [6.07, 6.45) is 0. The Hall–Kier alpha value is -1.59. The summed E-state index contributed by atoms with van der Waals surface area (Å²) in [4.78, 5) is 22.2. The Kier molecular flexibility index (Phi) is 1.75. The zero-order valence-corrected chi connectivity index (χ0v) is 6.00. The standard InChI is InChI=1S/C5H8N4O2/c1-3-2-9(4(6)10)5(11)8-7-3/h2H2,1H3,(H2,6,10)(H,8,11). The van der Waals surface area contributed by atoms with Gasteiger partial charge in [-0.2, -0.15) is 5.10 Å². The quantitative estimate of drug-likeness (QED) is 0.493. The Morgan fingerprint density at radius 1 is 1.82 bits per heavy atom. The van der Waals surface area contributed by atoms with Crippen molar-refractivity contribution in [1.82, 2.24) is 10.3 Å². The van der Waals surface area contributed by atoms with Crippen LogP contribution in [0.25, 0.3) is 0 Å². The smallest absolute Gasteiger partial charge is 0.346 e. The zero-order valence-electron chi connectivity index (χ0n) is 6.00. The van der Waals surface area contributed by atoms with E-state index in [4.69, 9.17) is 5.73 Å². The molecule has 0 bridgehead atoms. The van der Waals surface area contributed by atoms with Crippen molar-refractivity contribution in [3.8, 4) is 0 Å². The first-order valence-electron chi connectivity index (χ1n) is 3.01. The number of nitrogens with zero attached hydrogens (tertiary/aromatic N) is 2. The van der Waals surface area contributed by atoms with E-state index in [2.05, 4.69) is 10.5 Å². The van der Waals surface area contributed by atoms with Gasteiger partial charge in [0.05, 0.1) is 12.3 Å². The molecule has 0 spiro atoms. The summed E-state index contributed by atoms with van der Waals surface area (Å²) in [7, 11) is 0. The van der Waals surface area contributed by atoms with E-state index >= 15 is 0 Å². The van der Waals surface area contributed by atoms with E-state index in [0.29, 0.717) is 5.71 Å². The van der Waals surface area contributed by atoms with Crippen molar-refractivity contribution in [2.24, 2.45) is 10.8 Å². The molecule has 60 valence electrons. The number of primary amides is 1. The van der Waals surface area contributed by atoms with Crippen LogP contribution in [0, 0.1) is 0 Å². The van der Waals surface area contributed by atoms with Gasteiger partial charge in [0, 0.05) is 0 Å². The van der Waals surface area contributed by atoms with Crippen LogP contribution in [0.3, 0.4) is 0 Å². The van der Waals surface area contributed by atoms with Crippen molar-refractivity contribution in [3.63, 3.8) is 0 Å². The average Bonchev–Trinajstić information content (AvgIpc) is 1.94. The SMILES string of the molecule is CC1=NNC(=O)N(C(N)=O)C1. The van der Waals surface area contributed by atoms with Gasteiger partial charge < -0.3 is 5.73 Å². The second kappa shape index (κ2) is 2.57. The molecule has 0 aliphatic carbocycles. The lowest BCUT2D eigenvalue weighted by Gasteiger charge is -2.21. The molecule has 0 aromatic heterocycles.